The van der Waals surface area contributed by atoms with Gasteiger partial charge in [0.2, 0.25) is 5.95 Å². The van der Waals surface area contributed by atoms with Crippen molar-refractivity contribution in [2.45, 2.75) is 10.4 Å². The van der Waals surface area contributed by atoms with Crippen LogP contribution in [0.2, 0.25) is 0 Å². The van der Waals surface area contributed by atoms with Gasteiger partial charge in [0.05, 0.1) is 18.5 Å². The summed E-state index contributed by atoms with van der Waals surface area (Å²) >= 11 is 1.60. The normalized spacial score (nSPS) is 15.4. The number of hydrogen-bond donors (Lipinski definition) is 1. The fraction of sp³-hybridized carbons (Fsp3) is 0.400. The zero-order chi connectivity index (χ0) is 12.4. The number of rotatable bonds is 4. The van der Waals surface area contributed by atoms with Gasteiger partial charge >= 0.3 is 0 Å². The lowest BCUT2D eigenvalue weighted by molar-refractivity contribution is 0.0454. The van der Waals surface area contributed by atoms with Crippen molar-refractivity contribution in [2.24, 2.45) is 0 Å². The third-order valence-corrected chi connectivity index (χ3v) is 3.41. The number of thioether (sulfide) groups is 1. The fourth-order valence-electron chi connectivity index (χ4n) is 1.43. The second-order valence-corrected chi connectivity index (χ2v) is 4.99. The number of anilines is 1. The Morgan fingerprint density at radius 3 is 2.89 bits per heavy atom. The molecule has 0 aromatic carbocycles. The Balaban J connectivity index is 1.90. The predicted molar refractivity (Wildman–Crippen MR) is 67.0 cm³/mol. The molecule has 7 nitrogen and oxygen atoms in total. The molecule has 0 atom stereocenters. The average Bonchev–Trinajstić information content (AvgIpc) is 2.87. The van der Waals surface area contributed by atoms with Crippen LogP contribution >= 0.6 is 11.8 Å². The average molecular weight is 264 g/mol. The van der Waals surface area contributed by atoms with E-state index >= 15 is 0 Å². The molecule has 18 heavy (non-hydrogen) atoms. The van der Waals surface area contributed by atoms with Crippen LogP contribution in [0, 0.1) is 0 Å². The Hall–Kier alpha value is -1.67. The number of aromatic nitrogens is 5. The Morgan fingerprint density at radius 1 is 1.39 bits per heavy atom. The van der Waals surface area contributed by atoms with E-state index in [1.807, 2.05) is 6.07 Å². The Kier molecular flexibility index (Phi) is 3.11. The van der Waals surface area contributed by atoms with E-state index in [1.54, 1.807) is 35.9 Å². The van der Waals surface area contributed by atoms with Gasteiger partial charge in [-0.25, -0.2) is 4.68 Å². The number of nitrogens with zero attached hydrogens (tertiary/aromatic N) is 5. The Morgan fingerprint density at radius 2 is 2.28 bits per heavy atom. The van der Waals surface area contributed by atoms with Crippen molar-refractivity contribution in [2.75, 3.05) is 25.6 Å². The fourth-order valence-corrected chi connectivity index (χ4v) is 2.33. The molecule has 0 radical (unpaired) electrons. The largest absolute Gasteiger partial charge is 0.379 e. The molecule has 1 aliphatic heterocycles. The first-order chi connectivity index (χ1) is 8.85. The molecule has 0 amide bonds. The third kappa shape index (κ3) is 2.29. The highest BCUT2D eigenvalue weighted by molar-refractivity contribution is 7.99. The van der Waals surface area contributed by atoms with Crippen LogP contribution < -0.4 is 5.32 Å². The van der Waals surface area contributed by atoms with Gasteiger partial charge in [-0.3, -0.25) is 0 Å². The van der Waals surface area contributed by atoms with Gasteiger partial charge in [-0.05, 0) is 6.07 Å². The van der Waals surface area contributed by atoms with Crippen LogP contribution in [0.25, 0.3) is 5.95 Å². The summed E-state index contributed by atoms with van der Waals surface area (Å²) in [5.41, 5.74) is 0. The summed E-state index contributed by atoms with van der Waals surface area (Å²) in [7, 11) is 1.78. The molecule has 1 aliphatic rings. The van der Waals surface area contributed by atoms with Gasteiger partial charge in [0, 0.05) is 19.4 Å². The molecule has 94 valence electrons. The lowest BCUT2D eigenvalue weighted by atomic mass is 10.4. The van der Waals surface area contributed by atoms with E-state index in [1.165, 1.54) is 0 Å². The van der Waals surface area contributed by atoms with E-state index in [0.717, 1.165) is 13.2 Å². The van der Waals surface area contributed by atoms with Gasteiger partial charge in [-0.15, -0.1) is 0 Å². The van der Waals surface area contributed by atoms with Crippen molar-refractivity contribution in [3.63, 3.8) is 0 Å². The van der Waals surface area contributed by atoms with Crippen LogP contribution in [0.15, 0.2) is 23.6 Å². The van der Waals surface area contributed by atoms with Crippen LogP contribution in [0.4, 0.5) is 5.95 Å². The van der Waals surface area contributed by atoms with E-state index < -0.39 is 0 Å². The van der Waals surface area contributed by atoms with Crippen molar-refractivity contribution >= 4 is 17.7 Å². The van der Waals surface area contributed by atoms with Crippen LogP contribution in [-0.2, 0) is 4.74 Å². The molecule has 3 heterocycles. The highest BCUT2D eigenvalue weighted by Gasteiger charge is 2.22. The number of nitrogens with one attached hydrogen (secondary N) is 1. The van der Waals surface area contributed by atoms with E-state index in [2.05, 4.69) is 25.4 Å². The van der Waals surface area contributed by atoms with Crippen LogP contribution in [-0.4, -0.2) is 50.2 Å². The number of ether oxygens (including phenoxy) is 1. The van der Waals surface area contributed by atoms with Crippen molar-refractivity contribution in [1.29, 1.82) is 0 Å². The van der Waals surface area contributed by atoms with Gasteiger partial charge in [0.15, 0.2) is 5.16 Å². The Labute approximate surface area is 108 Å². The second-order valence-electron chi connectivity index (χ2n) is 3.72. The summed E-state index contributed by atoms with van der Waals surface area (Å²) in [4.78, 5) is 13.0. The third-order valence-electron chi connectivity index (χ3n) is 2.42. The molecule has 2 aromatic heterocycles. The van der Waals surface area contributed by atoms with Crippen molar-refractivity contribution < 1.29 is 4.74 Å². The minimum atomic E-state index is 0.433. The van der Waals surface area contributed by atoms with Crippen LogP contribution in [0.5, 0.6) is 0 Å². The lowest BCUT2D eigenvalue weighted by Gasteiger charge is -2.24. The van der Waals surface area contributed by atoms with Gasteiger partial charge in [0.1, 0.15) is 0 Å². The van der Waals surface area contributed by atoms with Gasteiger partial charge in [0.25, 0.3) is 5.95 Å². The summed E-state index contributed by atoms with van der Waals surface area (Å²) in [6, 6.07) is 1.83. The monoisotopic (exact) mass is 264 g/mol. The molecule has 1 N–H and O–H groups in total. The maximum atomic E-state index is 5.14. The molecule has 1 fully saturated rings. The molecule has 2 aromatic rings. The topological polar surface area (TPSA) is 77.8 Å². The van der Waals surface area contributed by atoms with Gasteiger partial charge < -0.3 is 10.1 Å². The zero-order valence-electron chi connectivity index (χ0n) is 9.78. The molecule has 0 bridgehead atoms. The van der Waals surface area contributed by atoms with E-state index in [-0.39, 0.29) is 0 Å². The van der Waals surface area contributed by atoms with Crippen molar-refractivity contribution in [3.05, 3.63) is 18.5 Å². The quantitative estimate of drug-likeness (QED) is 0.865. The first-order valence-electron chi connectivity index (χ1n) is 5.53. The van der Waals surface area contributed by atoms with Crippen molar-refractivity contribution in [3.8, 4) is 5.95 Å². The summed E-state index contributed by atoms with van der Waals surface area (Å²) in [5, 5.41) is 8.17. The molecule has 0 unspecified atom stereocenters. The molecule has 8 heteroatoms. The summed E-state index contributed by atoms with van der Waals surface area (Å²) < 4.78 is 6.76. The molecular weight excluding hydrogens is 252 g/mol. The van der Waals surface area contributed by atoms with E-state index in [4.69, 9.17) is 4.74 Å². The minimum absolute atomic E-state index is 0.433. The molecule has 0 aliphatic carbocycles. The lowest BCUT2D eigenvalue weighted by Crippen LogP contribution is -2.30. The Bertz CT molecular complexity index is 527. The van der Waals surface area contributed by atoms with Gasteiger partial charge in [-0.1, -0.05) is 11.8 Å². The SMILES string of the molecule is CNc1nc(SC2COC2)nc(-n2cccn2)n1. The molecular formula is C10H12N6OS. The first-order valence-corrected chi connectivity index (χ1v) is 6.41. The summed E-state index contributed by atoms with van der Waals surface area (Å²) in [5.74, 6) is 1.06. The highest BCUT2D eigenvalue weighted by atomic mass is 32.2. The highest BCUT2D eigenvalue weighted by Crippen LogP contribution is 2.25. The van der Waals surface area contributed by atoms with Crippen LogP contribution in [0.1, 0.15) is 0 Å². The second kappa shape index (κ2) is 4.91. The van der Waals surface area contributed by atoms with E-state index in [0.29, 0.717) is 22.3 Å². The standard InChI is InChI=1S/C10H12N6OS/c1-11-8-13-9(16-4-2-3-12-16)15-10(14-8)18-7-5-17-6-7/h2-4,7H,5-6H2,1H3,(H,11,13,14,15). The van der Waals surface area contributed by atoms with Crippen molar-refractivity contribution in [1.82, 2.24) is 24.7 Å². The minimum Gasteiger partial charge on any atom is -0.379 e. The molecule has 3 rings (SSSR count). The maximum Gasteiger partial charge on any atom is 0.256 e. The number of hydrogen-bond acceptors (Lipinski definition) is 7. The summed E-state index contributed by atoms with van der Waals surface area (Å²) in [6.07, 6.45) is 3.49. The smallest absolute Gasteiger partial charge is 0.256 e. The zero-order valence-corrected chi connectivity index (χ0v) is 10.6. The van der Waals surface area contributed by atoms with Gasteiger partial charge in [-0.2, -0.15) is 20.1 Å². The predicted octanol–water partition coefficient (Wildman–Crippen LogP) is 0.590. The maximum absolute atomic E-state index is 5.14. The first kappa shape index (κ1) is 11.4. The molecule has 0 spiro atoms. The molecule has 0 saturated carbocycles. The van der Waals surface area contributed by atoms with Crippen LogP contribution in [0.3, 0.4) is 0 Å². The van der Waals surface area contributed by atoms with E-state index in [9.17, 15) is 0 Å². The summed E-state index contributed by atoms with van der Waals surface area (Å²) in [6.45, 7) is 1.50. The molecule has 1 saturated heterocycles.